The van der Waals surface area contributed by atoms with Crippen molar-refractivity contribution in [1.82, 2.24) is 4.90 Å². The van der Waals surface area contributed by atoms with Crippen LogP contribution in [-0.4, -0.2) is 35.8 Å². The Kier molecular flexibility index (Phi) is 4.48. The molecule has 3 nitrogen and oxygen atoms in total. The molecule has 1 aromatic carbocycles. The quantitative estimate of drug-likeness (QED) is 0.906. The second-order valence-electron chi connectivity index (χ2n) is 5.50. The van der Waals surface area contributed by atoms with E-state index in [2.05, 4.69) is 44.7 Å². The first-order valence-corrected chi connectivity index (χ1v) is 7.27. The highest BCUT2D eigenvalue weighted by Gasteiger charge is 2.33. The SMILES string of the molecule is CCN(CC)C1c2cc(C(C)C)ccc2OCC1O. The zero-order chi connectivity index (χ0) is 14.0. The third-order valence-corrected chi connectivity index (χ3v) is 4.00. The van der Waals surface area contributed by atoms with Gasteiger partial charge in [-0.15, -0.1) is 0 Å². The number of likely N-dealkylation sites (N-methyl/N-ethyl adjacent to an activating group) is 1. The molecule has 0 saturated carbocycles. The molecule has 1 heterocycles. The first-order valence-electron chi connectivity index (χ1n) is 7.27. The second-order valence-corrected chi connectivity index (χ2v) is 5.50. The Bertz CT molecular complexity index is 427. The normalized spacial score (nSPS) is 22.5. The monoisotopic (exact) mass is 263 g/mol. The molecule has 0 radical (unpaired) electrons. The first-order chi connectivity index (χ1) is 9.08. The van der Waals surface area contributed by atoms with Gasteiger partial charge < -0.3 is 9.84 Å². The van der Waals surface area contributed by atoms with E-state index in [1.807, 2.05) is 6.07 Å². The Morgan fingerprint density at radius 2 is 2.00 bits per heavy atom. The third-order valence-electron chi connectivity index (χ3n) is 4.00. The molecule has 2 rings (SSSR count). The summed E-state index contributed by atoms with van der Waals surface area (Å²) in [7, 11) is 0. The number of rotatable bonds is 4. The maximum Gasteiger partial charge on any atom is 0.124 e. The van der Waals surface area contributed by atoms with E-state index in [1.54, 1.807) is 0 Å². The summed E-state index contributed by atoms with van der Waals surface area (Å²) in [5, 5.41) is 10.3. The van der Waals surface area contributed by atoms with Crippen LogP contribution in [-0.2, 0) is 0 Å². The average Bonchev–Trinajstić information content (AvgIpc) is 2.41. The molecule has 3 heteroatoms. The van der Waals surface area contributed by atoms with E-state index in [-0.39, 0.29) is 6.04 Å². The van der Waals surface area contributed by atoms with E-state index in [4.69, 9.17) is 4.74 Å². The second kappa shape index (κ2) is 5.93. The van der Waals surface area contributed by atoms with Crippen molar-refractivity contribution in [2.24, 2.45) is 0 Å². The summed E-state index contributed by atoms with van der Waals surface area (Å²) in [4.78, 5) is 2.30. The lowest BCUT2D eigenvalue weighted by atomic mass is 9.92. The maximum atomic E-state index is 10.3. The van der Waals surface area contributed by atoms with Crippen molar-refractivity contribution in [3.8, 4) is 5.75 Å². The van der Waals surface area contributed by atoms with Crippen molar-refractivity contribution in [1.29, 1.82) is 0 Å². The Balaban J connectivity index is 2.43. The average molecular weight is 263 g/mol. The minimum absolute atomic E-state index is 0.0532. The number of nitrogens with zero attached hydrogens (tertiary/aromatic N) is 1. The van der Waals surface area contributed by atoms with Gasteiger partial charge in [-0.3, -0.25) is 4.90 Å². The first kappa shape index (κ1) is 14.4. The van der Waals surface area contributed by atoms with E-state index < -0.39 is 6.10 Å². The molecule has 0 amide bonds. The molecule has 0 bridgehead atoms. The lowest BCUT2D eigenvalue weighted by molar-refractivity contribution is 0.00361. The molecule has 1 aliphatic rings. The van der Waals surface area contributed by atoms with Crippen LogP contribution < -0.4 is 4.74 Å². The van der Waals surface area contributed by atoms with E-state index in [9.17, 15) is 5.11 Å². The van der Waals surface area contributed by atoms with Gasteiger partial charge in [0, 0.05) is 5.56 Å². The maximum absolute atomic E-state index is 10.3. The van der Waals surface area contributed by atoms with Crippen molar-refractivity contribution in [2.75, 3.05) is 19.7 Å². The molecule has 19 heavy (non-hydrogen) atoms. The number of ether oxygens (including phenoxy) is 1. The van der Waals surface area contributed by atoms with Crippen molar-refractivity contribution >= 4 is 0 Å². The fourth-order valence-electron chi connectivity index (χ4n) is 2.82. The molecular weight excluding hydrogens is 238 g/mol. The van der Waals surface area contributed by atoms with Crippen LogP contribution in [0.25, 0.3) is 0 Å². The fraction of sp³-hybridized carbons (Fsp3) is 0.625. The molecule has 0 saturated heterocycles. The number of hydrogen-bond donors (Lipinski definition) is 1. The Morgan fingerprint density at radius 3 is 2.58 bits per heavy atom. The van der Waals surface area contributed by atoms with Crippen LogP contribution in [0.3, 0.4) is 0 Å². The molecule has 0 fully saturated rings. The van der Waals surface area contributed by atoms with Crippen molar-refractivity contribution < 1.29 is 9.84 Å². The third kappa shape index (κ3) is 2.77. The highest BCUT2D eigenvalue weighted by atomic mass is 16.5. The van der Waals surface area contributed by atoms with Crippen LogP contribution in [0.15, 0.2) is 18.2 Å². The van der Waals surface area contributed by atoms with E-state index in [1.165, 1.54) is 5.56 Å². The van der Waals surface area contributed by atoms with Gasteiger partial charge >= 0.3 is 0 Å². The van der Waals surface area contributed by atoms with Gasteiger partial charge in [0.25, 0.3) is 0 Å². The van der Waals surface area contributed by atoms with Gasteiger partial charge in [-0.05, 0) is 30.6 Å². The van der Waals surface area contributed by atoms with Gasteiger partial charge in [-0.1, -0.05) is 39.8 Å². The Morgan fingerprint density at radius 1 is 1.32 bits per heavy atom. The largest absolute Gasteiger partial charge is 0.490 e. The lowest BCUT2D eigenvalue weighted by Crippen LogP contribution is -2.42. The Hall–Kier alpha value is -1.06. The van der Waals surface area contributed by atoms with Crippen LogP contribution in [0.2, 0.25) is 0 Å². The van der Waals surface area contributed by atoms with E-state index in [0.717, 1.165) is 24.4 Å². The van der Waals surface area contributed by atoms with Crippen LogP contribution in [0.5, 0.6) is 5.75 Å². The summed E-state index contributed by atoms with van der Waals surface area (Å²) in [6.07, 6.45) is -0.449. The van der Waals surface area contributed by atoms with Crippen LogP contribution in [0.4, 0.5) is 0 Å². The number of benzene rings is 1. The van der Waals surface area contributed by atoms with Gasteiger partial charge in [0.2, 0.25) is 0 Å². The van der Waals surface area contributed by atoms with Gasteiger partial charge in [0.15, 0.2) is 0 Å². The van der Waals surface area contributed by atoms with Crippen molar-refractivity contribution in [3.63, 3.8) is 0 Å². The summed E-state index contributed by atoms with van der Waals surface area (Å²) in [6.45, 7) is 10.9. The number of fused-ring (bicyclic) bond motifs is 1. The topological polar surface area (TPSA) is 32.7 Å². The van der Waals surface area contributed by atoms with E-state index >= 15 is 0 Å². The predicted octanol–water partition coefficient (Wildman–Crippen LogP) is 2.95. The van der Waals surface area contributed by atoms with Gasteiger partial charge in [0.05, 0.1) is 6.04 Å². The Labute approximate surface area is 116 Å². The molecule has 0 spiro atoms. The minimum Gasteiger partial charge on any atom is -0.490 e. The molecule has 0 aromatic heterocycles. The fourth-order valence-corrected chi connectivity index (χ4v) is 2.82. The van der Waals surface area contributed by atoms with Gasteiger partial charge in [-0.25, -0.2) is 0 Å². The highest BCUT2D eigenvalue weighted by molar-refractivity contribution is 5.42. The zero-order valence-corrected chi connectivity index (χ0v) is 12.4. The number of hydrogen-bond acceptors (Lipinski definition) is 3. The molecule has 1 aromatic rings. The lowest BCUT2D eigenvalue weighted by Gasteiger charge is -2.38. The molecule has 106 valence electrons. The van der Waals surface area contributed by atoms with Gasteiger partial charge in [0.1, 0.15) is 18.5 Å². The summed E-state index contributed by atoms with van der Waals surface area (Å²) in [5.41, 5.74) is 2.43. The van der Waals surface area contributed by atoms with Crippen LogP contribution in [0, 0.1) is 0 Å². The van der Waals surface area contributed by atoms with Crippen molar-refractivity contribution in [2.45, 2.75) is 45.8 Å². The highest BCUT2D eigenvalue weighted by Crippen LogP contribution is 2.37. The standard InChI is InChI=1S/C16H25NO2/c1-5-17(6-2)16-13-9-12(11(3)4)7-8-15(13)19-10-14(16)18/h7-9,11,14,16,18H,5-6,10H2,1-4H3. The zero-order valence-electron chi connectivity index (χ0n) is 12.4. The summed E-state index contributed by atoms with van der Waals surface area (Å²) in [5.74, 6) is 1.41. The molecule has 1 aliphatic heterocycles. The molecule has 1 N–H and O–H groups in total. The van der Waals surface area contributed by atoms with Crippen LogP contribution >= 0.6 is 0 Å². The van der Waals surface area contributed by atoms with Gasteiger partial charge in [-0.2, -0.15) is 0 Å². The van der Waals surface area contributed by atoms with E-state index in [0.29, 0.717) is 12.5 Å². The number of aliphatic hydroxyl groups excluding tert-OH is 1. The smallest absolute Gasteiger partial charge is 0.124 e. The molecule has 2 atom stereocenters. The molecular formula is C16H25NO2. The molecule has 2 unspecified atom stereocenters. The summed E-state index contributed by atoms with van der Waals surface area (Å²) in [6, 6.07) is 6.43. The predicted molar refractivity (Wildman–Crippen MR) is 77.7 cm³/mol. The van der Waals surface area contributed by atoms with Crippen molar-refractivity contribution in [3.05, 3.63) is 29.3 Å². The number of aliphatic hydroxyl groups is 1. The summed E-state index contributed by atoms with van der Waals surface area (Å²) < 4.78 is 5.66. The minimum atomic E-state index is -0.449. The summed E-state index contributed by atoms with van der Waals surface area (Å²) >= 11 is 0. The van der Waals surface area contributed by atoms with Crippen LogP contribution in [0.1, 0.15) is 50.8 Å². The molecule has 0 aliphatic carbocycles.